The molecule has 0 saturated carbocycles. The number of hydrogen-bond donors (Lipinski definition) is 0. The van der Waals surface area contributed by atoms with Crippen molar-refractivity contribution >= 4 is 5.91 Å². The molecule has 0 spiro atoms. The predicted octanol–water partition coefficient (Wildman–Crippen LogP) is 2.82. The van der Waals surface area contributed by atoms with Crippen LogP contribution in [0.4, 0.5) is 0 Å². The molecule has 2 heterocycles. The van der Waals surface area contributed by atoms with E-state index in [1.54, 1.807) is 19.6 Å². The number of benzene rings is 1. The minimum atomic E-state index is -0.228. The van der Waals surface area contributed by atoms with Gasteiger partial charge in [0.15, 0.2) is 0 Å². The average Bonchev–Trinajstić information content (AvgIpc) is 3.24. The van der Waals surface area contributed by atoms with Gasteiger partial charge in [-0.15, -0.1) is 0 Å². The second-order valence-electron chi connectivity index (χ2n) is 5.65. The topological polar surface area (TPSA) is 47.4 Å². The molecule has 0 bridgehead atoms. The van der Waals surface area contributed by atoms with E-state index in [4.69, 9.17) is 4.74 Å². The van der Waals surface area contributed by atoms with Crippen molar-refractivity contribution in [3.63, 3.8) is 0 Å². The monoisotopic (exact) mass is 299 g/mol. The molecule has 0 aliphatic carbocycles. The highest BCUT2D eigenvalue weighted by molar-refractivity contribution is 5.80. The lowest BCUT2D eigenvalue weighted by atomic mass is 10.0. The molecule has 1 aliphatic heterocycles. The summed E-state index contributed by atoms with van der Waals surface area (Å²) in [5.74, 6) is 0.975. The normalized spacial score (nSPS) is 19.2. The molecule has 3 rings (SSSR count). The van der Waals surface area contributed by atoms with E-state index in [1.165, 1.54) is 0 Å². The maximum absolute atomic E-state index is 12.8. The molecular formula is C17H21N3O2. The smallest absolute Gasteiger partial charge is 0.245 e. The summed E-state index contributed by atoms with van der Waals surface area (Å²) < 4.78 is 7.15. The number of ether oxygens (including phenoxy) is 1. The van der Waals surface area contributed by atoms with Gasteiger partial charge >= 0.3 is 0 Å². The van der Waals surface area contributed by atoms with Gasteiger partial charge in [-0.1, -0.05) is 12.1 Å². The number of nitrogens with zero attached hydrogens (tertiary/aromatic N) is 3. The average molecular weight is 299 g/mol. The van der Waals surface area contributed by atoms with Gasteiger partial charge in [0.2, 0.25) is 5.91 Å². The molecule has 1 aliphatic rings. The van der Waals surface area contributed by atoms with Crippen LogP contribution in [-0.4, -0.2) is 34.0 Å². The molecule has 0 unspecified atom stereocenters. The zero-order valence-electron chi connectivity index (χ0n) is 13.0. The maximum Gasteiger partial charge on any atom is 0.245 e. The van der Waals surface area contributed by atoms with E-state index in [1.807, 2.05) is 40.8 Å². The van der Waals surface area contributed by atoms with Crippen molar-refractivity contribution in [2.75, 3.05) is 13.7 Å². The van der Waals surface area contributed by atoms with Gasteiger partial charge in [-0.3, -0.25) is 4.79 Å². The molecule has 1 fully saturated rings. The van der Waals surface area contributed by atoms with Crippen LogP contribution in [0, 0.1) is 0 Å². The van der Waals surface area contributed by atoms with Crippen LogP contribution in [0.3, 0.4) is 0 Å². The Morgan fingerprint density at radius 1 is 1.45 bits per heavy atom. The number of carbonyl (C=O) groups is 1. The third kappa shape index (κ3) is 2.71. The minimum absolute atomic E-state index is 0.133. The van der Waals surface area contributed by atoms with Crippen LogP contribution < -0.4 is 4.74 Å². The lowest BCUT2D eigenvalue weighted by molar-refractivity contribution is -0.135. The first-order valence-corrected chi connectivity index (χ1v) is 7.62. The molecule has 1 aromatic carbocycles. The van der Waals surface area contributed by atoms with Gasteiger partial charge in [0, 0.05) is 18.9 Å². The molecular weight excluding hydrogens is 278 g/mol. The summed E-state index contributed by atoms with van der Waals surface area (Å²) in [6.45, 7) is 2.73. The van der Waals surface area contributed by atoms with Gasteiger partial charge < -0.3 is 14.2 Å². The Morgan fingerprint density at radius 2 is 2.32 bits per heavy atom. The van der Waals surface area contributed by atoms with Crippen LogP contribution in [0.25, 0.3) is 0 Å². The molecule has 2 aromatic rings. The number of carbonyl (C=O) groups excluding carboxylic acids is 1. The lowest BCUT2D eigenvalue weighted by Crippen LogP contribution is -2.35. The summed E-state index contributed by atoms with van der Waals surface area (Å²) >= 11 is 0. The van der Waals surface area contributed by atoms with Crippen LogP contribution in [0.5, 0.6) is 5.75 Å². The van der Waals surface area contributed by atoms with Gasteiger partial charge in [0.1, 0.15) is 11.8 Å². The highest BCUT2D eigenvalue weighted by atomic mass is 16.5. The zero-order valence-corrected chi connectivity index (χ0v) is 13.0. The third-order valence-corrected chi connectivity index (χ3v) is 4.34. The van der Waals surface area contributed by atoms with E-state index in [0.29, 0.717) is 0 Å². The summed E-state index contributed by atoms with van der Waals surface area (Å²) in [4.78, 5) is 18.8. The van der Waals surface area contributed by atoms with Gasteiger partial charge in [-0.25, -0.2) is 4.98 Å². The fourth-order valence-electron chi connectivity index (χ4n) is 3.09. The largest absolute Gasteiger partial charge is 0.497 e. The predicted molar refractivity (Wildman–Crippen MR) is 83.6 cm³/mol. The number of rotatable bonds is 4. The quantitative estimate of drug-likeness (QED) is 0.872. The lowest BCUT2D eigenvalue weighted by Gasteiger charge is -2.28. The molecule has 0 radical (unpaired) electrons. The number of likely N-dealkylation sites (tertiary alicyclic amines) is 1. The SMILES string of the molecule is COc1cccc([C@H]2CCCN2C(=O)[C@@H](C)n2ccnc2)c1. The third-order valence-electron chi connectivity index (χ3n) is 4.34. The molecule has 1 aromatic heterocycles. The molecule has 22 heavy (non-hydrogen) atoms. The molecule has 116 valence electrons. The first kappa shape index (κ1) is 14.6. The number of imidazole rings is 1. The Bertz CT molecular complexity index is 639. The van der Waals surface area contributed by atoms with Gasteiger partial charge in [-0.05, 0) is 37.5 Å². The van der Waals surface area contributed by atoms with Crippen molar-refractivity contribution in [3.05, 3.63) is 48.5 Å². The molecule has 0 N–H and O–H groups in total. The minimum Gasteiger partial charge on any atom is -0.497 e. The van der Waals surface area contributed by atoms with E-state index in [0.717, 1.165) is 30.7 Å². The Kier molecular flexibility index (Phi) is 4.13. The zero-order chi connectivity index (χ0) is 15.5. The van der Waals surface area contributed by atoms with E-state index in [9.17, 15) is 4.79 Å². The van der Waals surface area contributed by atoms with Crippen molar-refractivity contribution < 1.29 is 9.53 Å². The summed E-state index contributed by atoms with van der Waals surface area (Å²) in [6, 6.07) is 7.91. The van der Waals surface area contributed by atoms with E-state index >= 15 is 0 Å². The number of hydrogen-bond acceptors (Lipinski definition) is 3. The Balaban J connectivity index is 1.82. The second-order valence-corrected chi connectivity index (χ2v) is 5.65. The summed E-state index contributed by atoms with van der Waals surface area (Å²) in [5.41, 5.74) is 1.14. The first-order valence-electron chi connectivity index (χ1n) is 7.62. The first-order chi connectivity index (χ1) is 10.7. The van der Waals surface area contributed by atoms with E-state index in [2.05, 4.69) is 11.1 Å². The maximum atomic E-state index is 12.8. The Morgan fingerprint density at radius 3 is 3.05 bits per heavy atom. The van der Waals surface area contributed by atoms with E-state index < -0.39 is 0 Å². The standard InChI is InChI=1S/C17H21N3O2/c1-13(19-10-8-18-12-19)17(21)20-9-4-7-16(20)14-5-3-6-15(11-14)22-2/h3,5-6,8,10-13,16H,4,7,9H2,1-2H3/t13-,16-/m1/s1. The van der Waals surface area contributed by atoms with Crippen molar-refractivity contribution in [1.29, 1.82) is 0 Å². The fourth-order valence-corrected chi connectivity index (χ4v) is 3.09. The Labute approximate surface area is 130 Å². The van der Waals surface area contributed by atoms with E-state index in [-0.39, 0.29) is 18.0 Å². The van der Waals surface area contributed by atoms with Crippen LogP contribution in [0.2, 0.25) is 0 Å². The number of amides is 1. The van der Waals surface area contributed by atoms with Crippen molar-refractivity contribution in [2.45, 2.75) is 31.8 Å². The van der Waals surface area contributed by atoms with Crippen LogP contribution in [0.15, 0.2) is 43.0 Å². The number of aromatic nitrogens is 2. The van der Waals surface area contributed by atoms with Crippen LogP contribution in [-0.2, 0) is 4.79 Å². The summed E-state index contributed by atoms with van der Waals surface area (Å²) in [6.07, 6.45) is 7.26. The highest BCUT2D eigenvalue weighted by Crippen LogP contribution is 2.34. The van der Waals surface area contributed by atoms with Crippen molar-refractivity contribution in [3.8, 4) is 5.75 Å². The molecule has 1 saturated heterocycles. The number of methoxy groups -OCH3 is 1. The summed E-state index contributed by atoms with van der Waals surface area (Å²) in [5, 5.41) is 0. The molecule has 5 heteroatoms. The highest BCUT2D eigenvalue weighted by Gasteiger charge is 2.32. The van der Waals surface area contributed by atoms with Gasteiger partial charge in [0.25, 0.3) is 0 Å². The fraction of sp³-hybridized carbons (Fsp3) is 0.412. The van der Waals surface area contributed by atoms with Gasteiger partial charge in [0.05, 0.1) is 19.5 Å². The molecule has 5 nitrogen and oxygen atoms in total. The summed E-state index contributed by atoms with van der Waals surface area (Å²) in [7, 11) is 1.66. The van der Waals surface area contributed by atoms with Crippen LogP contribution in [0.1, 0.15) is 37.4 Å². The molecule has 2 atom stereocenters. The molecule has 1 amide bonds. The van der Waals surface area contributed by atoms with Gasteiger partial charge in [-0.2, -0.15) is 0 Å². The Hall–Kier alpha value is -2.30. The van der Waals surface area contributed by atoms with Crippen LogP contribution >= 0.6 is 0 Å². The van der Waals surface area contributed by atoms with Crippen molar-refractivity contribution in [1.82, 2.24) is 14.5 Å². The second kappa shape index (κ2) is 6.22. The van der Waals surface area contributed by atoms with Crippen molar-refractivity contribution in [2.24, 2.45) is 0 Å².